The van der Waals surface area contributed by atoms with Crippen LogP contribution >= 0.6 is 0 Å². The minimum atomic E-state index is -0.0688. The predicted molar refractivity (Wildman–Crippen MR) is 110 cm³/mol. The lowest BCUT2D eigenvalue weighted by Gasteiger charge is -2.08. The number of hydrogen-bond donors (Lipinski definition) is 3. The molecule has 1 aliphatic carbocycles. The average molecular weight is 382 g/mol. The number of nitrogens with two attached hydrogens (primary N) is 1. The van der Waals surface area contributed by atoms with E-state index in [0.717, 1.165) is 36.3 Å². The van der Waals surface area contributed by atoms with Gasteiger partial charge in [-0.15, -0.1) is 0 Å². The lowest BCUT2D eigenvalue weighted by atomic mass is 10.1. The molecule has 1 saturated carbocycles. The van der Waals surface area contributed by atoms with Crippen LogP contribution in [0.5, 0.6) is 11.5 Å². The molecule has 3 rings (SSSR count). The van der Waals surface area contributed by atoms with Crippen molar-refractivity contribution in [1.29, 1.82) is 0 Å². The first-order valence-corrected chi connectivity index (χ1v) is 9.34. The number of anilines is 1. The fourth-order valence-corrected chi connectivity index (χ4v) is 2.57. The minimum Gasteiger partial charge on any atom is -0.497 e. The van der Waals surface area contributed by atoms with Crippen molar-refractivity contribution in [2.24, 2.45) is 10.7 Å². The third-order valence-electron chi connectivity index (χ3n) is 4.28. The number of benzene rings is 2. The standard InChI is InChI=1S/C21H26N4O3/c1-27-18-10-6-17(7-11-18)25-21(22)23-13-12-15-2-8-19(9-3-15)28-14-20(26)24-16-4-5-16/h2-3,6-11,16H,4-5,12-14H2,1H3,(H,24,26)(H3,22,23,25). The van der Waals surface area contributed by atoms with Gasteiger partial charge in [-0.05, 0) is 61.2 Å². The fourth-order valence-electron chi connectivity index (χ4n) is 2.57. The molecule has 28 heavy (non-hydrogen) atoms. The Balaban J connectivity index is 1.39. The molecule has 1 aliphatic rings. The Labute approximate surface area is 164 Å². The van der Waals surface area contributed by atoms with Gasteiger partial charge >= 0.3 is 0 Å². The zero-order chi connectivity index (χ0) is 19.8. The summed E-state index contributed by atoms with van der Waals surface area (Å²) in [5, 5.41) is 5.94. The van der Waals surface area contributed by atoms with Crippen molar-refractivity contribution in [2.75, 3.05) is 25.6 Å². The fraction of sp³-hybridized carbons (Fsp3) is 0.333. The highest BCUT2D eigenvalue weighted by atomic mass is 16.5. The maximum absolute atomic E-state index is 11.6. The minimum absolute atomic E-state index is 0.0493. The number of rotatable bonds is 9. The van der Waals surface area contributed by atoms with E-state index in [1.54, 1.807) is 7.11 Å². The SMILES string of the molecule is COc1ccc(NC(N)=NCCc2ccc(OCC(=O)NC3CC3)cc2)cc1. The molecule has 0 spiro atoms. The summed E-state index contributed by atoms with van der Waals surface area (Å²) in [7, 11) is 1.63. The van der Waals surface area contributed by atoms with Crippen LogP contribution in [0, 0.1) is 0 Å². The highest BCUT2D eigenvalue weighted by Gasteiger charge is 2.23. The molecule has 0 unspecified atom stereocenters. The molecule has 1 fully saturated rings. The number of guanidine groups is 1. The van der Waals surface area contributed by atoms with Gasteiger partial charge in [-0.3, -0.25) is 9.79 Å². The molecule has 1 amide bonds. The van der Waals surface area contributed by atoms with E-state index in [-0.39, 0.29) is 12.5 Å². The molecule has 2 aromatic rings. The molecular formula is C21H26N4O3. The van der Waals surface area contributed by atoms with Crippen LogP contribution in [-0.4, -0.2) is 38.2 Å². The summed E-state index contributed by atoms with van der Waals surface area (Å²) >= 11 is 0. The Hall–Kier alpha value is -3.22. The summed E-state index contributed by atoms with van der Waals surface area (Å²) in [4.78, 5) is 16.0. The first-order valence-electron chi connectivity index (χ1n) is 9.34. The summed E-state index contributed by atoms with van der Waals surface area (Å²) in [6.45, 7) is 0.618. The molecule has 7 nitrogen and oxygen atoms in total. The number of carbonyl (C=O) groups is 1. The molecule has 0 aromatic heterocycles. The Morgan fingerprint density at radius 2 is 1.79 bits per heavy atom. The van der Waals surface area contributed by atoms with Gasteiger partial charge in [0.25, 0.3) is 5.91 Å². The average Bonchev–Trinajstić information content (AvgIpc) is 3.52. The Kier molecular flexibility index (Phi) is 6.73. The number of amides is 1. The van der Waals surface area contributed by atoms with Gasteiger partial charge in [0, 0.05) is 18.3 Å². The van der Waals surface area contributed by atoms with Crippen molar-refractivity contribution >= 4 is 17.6 Å². The number of aliphatic imine (C=N–C) groups is 1. The third-order valence-corrected chi connectivity index (χ3v) is 4.28. The van der Waals surface area contributed by atoms with E-state index >= 15 is 0 Å². The molecule has 0 heterocycles. The topological polar surface area (TPSA) is 98.0 Å². The van der Waals surface area contributed by atoms with E-state index in [1.807, 2.05) is 48.5 Å². The van der Waals surface area contributed by atoms with E-state index in [4.69, 9.17) is 15.2 Å². The summed E-state index contributed by atoms with van der Waals surface area (Å²) in [6, 6.07) is 15.5. The van der Waals surface area contributed by atoms with Crippen molar-refractivity contribution in [3.05, 3.63) is 54.1 Å². The van der Waals surface area contributed by atoms with Crippen LogP contribution in [0.4, 0.5) is 5.69 Å². The molecular weight excluding hydrogens is 356 g/mol. The molecule has 4 N–H and O–H groups in total. The van der Waals surface area contributed by atoms with E-state index in [0.29, 0.717) is 24.3 Å². The maximum Gasteiger partial charge on any atom is 0.258 e. The maximum atomic E-state index is 11.6. The van der Waals surface area contributed by atoms with Crippen LogP contribution in [0.15, 0.2) is 53.5 Å². The largest absolute Gasteiger partial charge is 0.497 e. The van der Waals surface area contributed by atoms with Crippen LogP contribution in [0.1, 0.15) is 18.4 Å². The number of nitrogens with one attached hydrogen (secondary N) is 2. The van der Waals surface area contributed by atoms with Gasteiger partial charge in [0.1, 0.15) is 11.5 Å². The van der Waals surface area contributed by atoms with Crippen molar-refractivity contribution in [2.45, 2.75) is 25.3 Å². The second-order valence-corrected chi connectivity index (χ2v) is 6.64. The zero-order valence-corrected chi connectivity index (χ0v) is 16.0. The van der Waals surface area contributed by atoms with Gasteiger partial charge in [0.15, 0.2) is 12.6 Å². The summed E-state index contributed by atoms with van der Waals surface area (Å²) in [6.07, 6.45) is 2.90. The van der Waals surface area contributed by atoms with Gasteiger partial charge in [-0.1, -0.05) is 12.1 Å². The normalized spacial score (nSPS) is 13.7. The van der Waals surface area contributed by atoms with Gasteiger partial charge in [0.05, 0.1) is 7.11 Å². The second kappa shape index (κ2) is 9.64. The molecule has 0 radical (unpaired) electrons. The quantitative estimate of drug-likeness (QED) is 0.457. The third kappa shape index (κ3) is 6.50. The van der Waals surface area contributed by atoms with Crippen LogP contribution in [-0.2, 0) is 11.2 Å². The number of hydrogen-bond acceptors (Lipinski definition) is 4. The predicted octanol–water partition coefficient (Wildman–Crippen LogP) is 2.32. The molecule has 0 saturated heterocycles. The lowest BCUT2D eigenvalue weighted by Crippen LogP contribution is -2.30. The Morgan fingerprint density at radius 3 is 2.43 bits per heavy atom. The van der Waals surface area contributed by atoms with Crippen LogP contribution in [0.3, 0.4) is 0 Å². The zero-order valence-electron chi connectivity index (χ0n) is 16.0. The monoisotopic (exact) mass is 382 g/mol. The van der Waals surface area contributed by atoms with Crippen molar-refractivity contribution in [1.82, 2.24) is 5.32 Å². The van der Waals surface area contributed by atoms with Gasteiger partial charge in [-0.2, -0.15) is 0 Å². The highest BCUT2D eigenvalue weighted by Crippen LogP contribution is 2.18. The molecule has 7 heteroatoms. The number of ether oxygens (including phenoxy) is 2. The number of methoxy groups -OCH3 is 1. The van der Waals surface area contributed by atoms with Gasteiger partial charge in [-0.25, -0.2) is 0 Å². The number of carbonyl (C=O) groups excluding carboxylic acids is 1. The molecule has 0 bridgehead atoms. The van der Waals surface area contributed by atoms with Crippen LogP contribution in [0.25, 0.3) is 0 Å². The molecule has 2 aromatic carbocycles. The lowest BCUT2D eigenvalue weighted by molar-refractivity contribution is -0.123. The summed E-state index contributed by atoms with van der Waals surface area (Å²) in [5.74, 6) is 1.77. The smallest absolute Gasteiger partial charge is 0.258 e. The summed E-state index contributed by atoms with van der Waals surface area (Å²) < 4.78 is 10.6. The van der Waals surface area contributed by atoms with E-state index in [1.165, 1.54) is 0 Å². The molecule has 0 aliphatic heterocycles. The Bertz CT molecular complexity index is 799. The summed E-state index contributed by atoms with van der Waals surface area (Å²) in [5.41, 5.74) is 7.90. The van der Waals surface area contributed by atoms with E-state index < -0.39 is 0 Å². The van der Waals surface area contributed by atoms with Gasteiger partial charge < -0.3 is 25.8 Å². The second-order valence-electron chi connectivity index (χ2n) is 6.64. The van der Waals surface area contributed by atoms with Crippen LogP contribution < -0.4 is 25.8 Å². The van der Waals surface area contributed by atoms with E-state index in [2.05, 4.69) is 15.6 Å². The van der Waals surface area contributed by atoms with Crippen molar-refractivity contribution in [3.8, 4) is 11.5 Å². The Morgan fingerprint density at radius 1 is 1.11 bits per heavy atom. The van der Waals surface area contributed by atoms with Gasteiger partial charge in [0.2, 0.25) is 0 Å². The molecule has 0 atom stereocenters. The van der Waals surface area contributed by atoms with Crippen molar-refractivity contribution in [3.63, 3.8) is 0 Å². The highest BCUT2D eigenvalue weighted by molar-refractivity contribution is 5.92. The van der Waals surface area contributed by atoms with E-state index in [9.17, 15) is 4.79 Å². The number of nitrogens with zero attached hydrogens (tertiary/aromatic N) is 1. The van der Waals surface area contributed by atoms with Crippen LogP contribution in [0.2, 0.25) is 0 Å². The first kappa shape index (κ1) is 19.5. The first-order chi connectivity index (χ1) is 13.6. The molecule has 148 valence electrons. The van der Waals surface area contributed by atoms with Crippen molar-refractivity contribution < 1.29 is 14.3 Å².